The van der Waals surface area contributed by atoms with Crippen LogP contribution in [0.2, 0.25) is 0 Å². The molecular weight excluding hydrogens is 300 g/mol. The summed E-state index contributed by atoms with van der Waals surface area (Å²) in [6, 6.07) is 6.69. The Balaban J connectivity index is 2.22. The second-order valence-corrected chi connectivity index (χ2v) is 7.19. The normalized spacial score (nSPS) is 18.9. The van der Waals surface area contributed by atoms with Crippen molar-refractivity contribution in [2.45, 2.75) is 18.2 Å². The van der Waals surface area contributed by atoms with Gasteiger partial charge in [0, 0.05) is 12.3 Å². The Kier molecular flexibility index (Phi) is 4.92. The van der Waals surface area contributed by atoms with Crippen molar-refractivity contribution in [1.29, 1.82) is 0 Å². The van der Waals surface area contributed by atoms with Crippen molar-refractivity contribution in [3.05, 3.63) is 48.6 Å². The fourth-order valence-corrected chi connectivity index (χ4v) is 3.22. The molecule has 0 saturated heterocycles. The first-order chi connectivity index (χ1) is 10.4. The number of nitrogens with zero attached hydrogens (tertiary/aromatic N) is 1. The number of amides is 1. The zero-order valence-corrected chi connectivity index (χ0v) is 13.1. The number of nitrogens with one attached hydrogen (secondary N) is 1. The van der Waals surface area contributed by atoms with E-state index in [0.29, 0.717) is 6.42 Å². The molecule has 1 unspecified atom stereocenters. The molecule has 1 aliphatic rings. The van der Waals surface area contributed by atoms with Gasteiger partial charge < -0.3 is 0 Å². The summed E-state index contributed by atoms with van der Waals surface area (Å²) in [5.74, 6) is -0.143. The molecule has 1 heterocycles. The first-order valence-corrected chi connectivity index (χ1v) is 8.56. The van der Waals surface area contributed by atoms with Crippen LogP contribution in [0.15, 0.2) is 53.0 Å². The summed E-state index contributed by atoms with van der Waals surface area (Å²) in [6.07, 6.45) is 5.36. The third-order valence-corrected chi connectivity index (χ3v) is 4.95. The van der Waals surface area contributed by atoms with E-state index in [2.05, 4.69) is 17.1 Å². The van der Waals surface area contributed by atoms with Crippen LogP contribution in [0.4, 0.5) is 0 Å². The van der Waals surface area contributed by atoms with Crippen molar-refractivity contribution >= 4 is 27.5 Å². The molecule has 1 N–H and O–H groups in total. The zero-order valence-electron chi connectivity index (χ0n) is 12.3. The molecule has 0 saturated carbocycles. The molecule has 0 spiro atoms. The summed E-state index contributed by atoms with van der Waals surface area (Å²) >= 11 is 0. The van der Waals surface area contributed by atoms with E-state index in [1.165, 1.54) is 6.08 Å². The average molecular weight is 318 g/mol. The number of allylic oxidation sites excluding steroid dienone is 1. The van der Waals surface area contributed by atoms with Crippen molar-refractivity contribution in [2.24, 2.45) is 11.0 Å². The van der Waals surface area contributed by atoms with Crippen LogP contribution in [0.3, 0.4) is 0 Å². The van der Waals surface area contributed by atoms with E-state index in [1.807, 2.05) is 13.0 Å². The number of carbonyl (C=O) groups is 1. The molecule has 0 radical (unpaired) electrons. The molecule has 2 rings (SSSR count). The molecule has 116 valence electrons. The lowest BCUT2D eigenvalue weighted by molar-refractivity contribution is -0.121. The number of carbonyl (C=O) groups excluding carboxylic acids is 1. The minimum atomic E-state index is -3.33. The highest BCUT2D eigenvalue weighted by Gasteiger charge is 2.18. The number of hydrogen-bond donors (Lipinski definition) is 1. The Labute approximate surface area is 130 Å². The summed E-state index contributed by atoms with van der Waals surface area (Å²) < 4.78 is 24.0. The van der Waals surface area contributed by atoms with Gasteiger partial charge in [-0.05, 0) is 23.8 Å². The van der Waals surface area contributed by atoms with Gasteiger partial charge in [-0.25, -0.2) is 13.8 Å². The van der Waals surface area contributed by atoms with Crippen molar-refractivity contribution in [3.63, 3.8) is 0 Å². The molecular formula is C16H18N2O3S. The summed E-state index contributed by atoms with van der Waals surface area (Å²) in [7, 11) is -3.33. The number of hydrogen-bond acceptors (Lipinski definition) is 4. The van der Waals surface area contributed by atoms with Crippen LogP contribution in [-0.4, -0.2) is 25.8 Å². The van der Waals surface area contributed by atoms with Crippen molar-refractivity contribution in [1.82, 2.24) is 5.43 Å². The van der Waals surface area contributed by atoms with Gasteiger partial charge in [-0.15, -0.1) is 6.58 Å². The number of hydrazone groups is 1. The van der Waals surface area contributed by atoms with Gasteiger partial charge in [0.1, 0.15) is 0 Å². The van der Waals surface area contributed by atoms with E-state index in [0.717, 1.165) is 11.3 Å². The fraction of sp³-hybridized carbons (Fsp3) is 0.250. The molecule has 22 heavy (non-hydrogen) atoms. The fourth-order valence-electron chi connectivity index (χ4n) is 2.11. The van der Waals surface area contributed by atoms with Crippen LogP contribution in [0, 0.1) is 5.92 Å². The Morgan fingerprint density at radius 1 is 1.41 bits per heavy atom. The Bertz CT molecular complexity index is 748. The van der Waals surface area contributed by atoms with Gasteiger partial charge >= 0.3 is 0 Å². The molecule has 1 aliphatic heterocycles. The van der Waals surface area contributed by atoms with Crippen molar-refractivity contribution < 1.29 is 13.2 Å². The van der Waals surface area contributed by atoms with Gasteiger partial charge in [-0.1, -0.05) is 31.2 Å². The van der Waals surface area contributed by atoms with Gasteiger partial charge in [0.05, 0.1) is 16.4 Å². The van der Waals surface area contributed by atoms with Crippen LogP contribution < -0.4 is 5.43 Å². The van der Waals surface area contributed by atoms with Crippen LogP contribution >= 0.6 is 0 Å². The minimum absolute atomic E-state index is 0.0395. The Hall–Kier alpha value is -2.21. The predicted octanol–water partition coefficient (Wildman–Crippen LogP) is 2.17. The lowest BCUT2D eigenvalue weighted by Crippen LogP contribution is -2.30. The third kappa shape index (κ3) is 3.92. The monoisotopic (exact) mass is 318 g/mol. The first kappa shape index (κ1) is 16.2. The van der Waals surface area contributed by atoms with E-state index in [-0.39, 0.29) is 22.5 Å². The van der Waals surface area contributed by atoms with Crippen LogP contribution in [0.25, 0.3) is 6.08 Å². The molecule has 1 aromatic rings. The van der Waals surface area contributed by atoms with E-state index in [1.54, 1.807) is 30.4 Å². The molecule has 5 nitrogen and oxygen atoms in total. The highest BCUT2D eigenvalue weighted by atomic mass is 32.2. The average Bonchev–Trinajstić information content (AvgIpc) is 2.46. The zero-order chi connectivity index (χ0) is 16.2. The quantitative estimate of drug-likeness (QED) is 0.845. The molecule has 0 fully saturated rings. The SMILES string of the molecule is C=CCS(=O)(=O)c1cccc(C=CC2=NNC(=O)CC2C)c1. The topological polar surface area (TPSA) is 75.6 Å². The smallest absolute Gasteiger partial charge is 0.240 e. The Morgan fingerprint density at radius 3 is 2.86 bits per heavy atom. The maximum atomic E-state index is 12.0. The van der Waals surface area contributed by atoms with Gasteiger partial charge in [-0.3, -0.25) is 4.79 Å². The number of rotatable bonds is 5. The second kappa shape index (κ2) is 6.70. The molecule has 6 heteroatoms. The van der Waals surface area contributed by atoms with Crippen LogP contribution in [0.1, 0.15) is 18.9 Å². The Morgan fingerprint density at radius 2 is 2.18 bits per heavy atom. The first-order valence-electron chi connectivity index (χ1n) is 6.90. The minimum Gasteiger partial charge on any atom is -0.273 e. The number of sulfone groups is 1. The van der Waals surface area contributed by atoms with Crippen LogP contribution in [0.5, 0.6) is 0 Å². The summed E-state index contributed by atoms with van der Waals surface area (Å²) in [5.41, 5.74) is 3.97. The number of benzene rings is 1. The van der Waals surface area contributed by atoms with Gasteiger partial charge in [0.25, 0.3) is 0 Å². The highest BCUT2D eigenvalue weighted by Crippen LogP contribution is 2.16. The maximum Gasteiger partial charge on any atom is 0.240 e. The summed E-state index contributed by atoms with van der Waals surface area (Å²) in [4.78, 5) is 11.5. The van der Waals surface area contributed by atoms with Crippen LogP contribution in [-0.2, 0) is 14.6 Å². The van der Waals surface area contributed by atoms with E-state index >= 15 is 0 Å². The van der Waals surface area contributed by atoms with Crippen molar-refractivity contribution in [2.75, 3.05) is 5.75 Å². The molecule has 1 aromatic carbocycles. The van der Waals surface area contributed by atoms with Crippen molar-refractivity contribution in [3.8, 4) is 0 Å². The molecule has 0 aliphatic carbocycles. The van der Waals surface area contributed by atoms with E-state index < -0.39 is 9.84 Å². The predicted molar refractivity (Wildman–Crippen MR) is 87.1 cm³/mol. The largest absolute Gasteiger partial charge is 0.273 e. The highest BCUT2D eigenvalue weighted by molar-refractivity contribution is 7.91. The summed E-state index contributed by atoms with van der Waals surface area (Å²) in [6.45, 7) is 5.39. The standard InChI is InChI=1S/C16H18N2O3S/c1-3-9-22(20,21)14-6-4-5-13(11-14)7-8-15-12(2)10-16(19)18-17-15/h3-8,11-12H,1,9-10H2,2H3,(H,18,19). The lowest BCUT2D eigenvalue weighted by atomic mass is 9.99. The van der Waals surface area contributed by atoms with E-state index in [9.17, 15) is 13.2 Å². The van der Waals surface area contributed by atoms with Gasteiger partial charge in [-0.2, -0.15) is 5.10 Å². The molecule has 1 amide bonds. The summed E-state index contributed by atoms with van der Waals surface area (Å²) in [5, 5.41) is 4.01. The second-order valence-electron chi connectivity index (χ2n) is 5.15. The lowest BCUT2D eigenvalue weighted by Gasteiger charge is -2.16. The van der Waals surface area contributed by atoms with Gasteiger partial charge in [0.15, 0.2) is 9.84 Å². The molecule has 0 aromatic heterocycles. The maximum absolute atomic E-state index is 12.0. The third-order valence-electron chi connectivity index (χ3n) is 3.31. The molecule has 1 atom stereocenters. The molecule has 0 bridgehead atoms. The van der Waals surface area contributed by atoms with E-state index in [4.69, 9.17) is 0 Å². The van der Waals surface area contributed by atoms with Gasteiger partial charge in [0.2, 0.25) is 5.91 Å².